The van der Waals surface area contributed by atoms with Crippen LogP contribution in [0.4, 0.5) is 0 Å². The molecule has 1 fully saturated rings. The molecule has 0 aliphatic heterocycles. The molecule has 0 saturated heterocycles. The van der Waals surface area contributed by atoms with Crippen LogP contribution in [-0.2, 0) is 0 Å². The summed E-state index contributed by atoms with van der Waals surface area (Å²) in [5, 5.41) is 0. The standard InChI is InChI=1S/C3H6.N3.Na/c1-2-3-1;1-3-2;/h1-3H2;;/q;-1;+1. The van der Waals surface area contributed by atoms with Gasteiger partial charge in [0.15, 0.2) is 0 Å². The van der Waals surface area contributed by atoms with E-state index in [4.69, 9.17) is 11.1 Å². The van der Waals surface area contributed by atoms with Crippen molar-refractivity contribution in [3.05, 3.63) is 16.0 Å². The Morgan fingerprint density at radius 1 is 1.00 bits per heavy atom. The van der Waals surface area contributed by atoms with Crippen molar-refractivity contribution in [3.8, 4) is 0 Å². The molecule has 0 aromatic heterocycles. The van der Waals surface area contributed by atoms with Gasteiger partial charge >= 0.3 is 29.6 Å². The number of hydrogen-bond donors (Lipinski definition) is 0. The molecule has 0 aromatic rings. The molecular weight excluding hydrogens is 101 g/mol. The van der Waals surface area contributed by atoms with Gasteiger partial charge in [0, 0.05) is 0 Å². The molecule has 3 nitrogen and oxygen atoms in total. The Hall–Kier alpha value is 0.310. The molecule has 1 saturated carbocycles. The Labute approximate surface area is 64.8 Å². The van der Waals surface area contributed by atoms with Crippen LogP contribution >= 0.6 is 0 Å². The third-order valence-electron chi connectivity index (χ3n) is 0.354. The molecule has 0 spiro atoms. The van der Waals surface area contributed by atoms with Gasteiger partial charge in [-0.25, -0.2) is 0 Å². The van der Waals surface area contributed by atoms with Crippen LogP contribution in [-0.4, -0.2) is 0 Å². The van der Waals surface area contributed by atoms with Gasteiger partial charge in [-0.05, 0) is 0 Å². The summed E-state index contributed by atoms with van der Waals surface area (Å²) in [4.78, 5) is 1.50. The molecule has 0 bridgehead atoms. The van der Waals surface area contributed by atoms with Gasteiger partial charge in [0.25, 0.3) is 0 Å². The first-order valence-corrected chi connectivity index (χ1v) is 1.90. The maximum Gasteiger partial charge on any atom is 1.00 e. The zero-order valence-electron chi connectivity index (χ0n) is 4.46. The molecule has 7 heavy (non-hydrogen) atoms. The van der Waals surface area contributed by atoms with Crippen LogP contribution in [0.1, 0.15) is 19.3 Å². The number of nitrogens with zero attached hydrogens (tertiary/aromatic N) is 3. The van der Waals surface area contributed by atoms with Crippen LogP contribution in [0, 0.1) is 0 Å². The molecule has 1 rings (SSSR count). The van der Waals surface area contributed by atoms with E-state index in [9.17, 15) is 0 Å². The van der Waals surface area contributed by atoms with Gasteiger partial charge in [0.05, 0.1) is 0 Å². The third-order valence-corrected chi connectivity index (χ3v) is 0.354. The van der Waals surface area contributed by atoms with Crippen LogP contribution in [0.25, 0.3) is 16.0 Å². The Morgan fingerprint density at radius 2 is 1.14 bits per heavy atom. The normalized spacial score (nSPS) is 11.4. The summed E-state index contributed by atoms with van der Waals surface area (Å²) in [6, 6.07) is 0. The van der Waals surface area contributed by atoms with Crippen LogP contribution < -0.4 is 29.6 Å². The molecule has 0 aromatic carbocycles. The van der Waals surface area contributed by atoms with E-state index < -0.39 is 0 Å². The van der Waals surface area contributed by atoms with Crippen molar-refractivity contribution in [2.24, 2.45) is 0 Å². The van der Waals surface area contributed by atoms with Crippen molar-refractivity contribution in [2.75, 3.05) is 0 Å². The Morgan fingerprint density at radius 3 is 1.14 bits per heavy atom. The molecule has 34 valence electrons. The first-order chi connectivity index (χ1) is 2.91. The van der Waals surface area contributed by atoms with Crippen LogP contribution in [0.15, 0.2) is 0 Å². The van der Waals surface area contributed by atoms with Gasteiger partial charge in [-0.1, -0.05) is 19.3 Å². The summed E-state index contributed by atoms with van der Waals surface area (Å²) in [5.74, 6) is 0. The quantitative estimate of drug-likeness (QED) is 0.166. The summed E-state index contributed by atoms with van der Waals surface area (Å²) in [6.45, 7) is 0. The minimum absolute atomic E-state index is 0. The van der Waals surface area contributed by atoms with Gasteiger partial charge in [0.2, 0.25) is 0 Å². The van der Waals surface area contributed by atoms with Gasteiger partial charge in [0.1, 0.15) is 0 Å². The zero-order valence-corrected chi connectivity index (χ0v) is 6.46. The topological polar surface area (TPSA) is 58.7 Å². The fourth-order valence-electron chi connectivity index (χ4n) is 0. The molecule has 0 N–H and O–H groups in total. The minimum Gasteiger partial charge on any atom is -0.373 e. The molecule has 0 heterocycles. The van der Waals surface area contributed by atoms with E-state index in [1.807, 2.05) is 0 Å². The van der Waals surface area contributed by atoms with E-state index in [0.29, 0.717) is 0 Å². The summed E-state index contributed by atoms with van der Waals surface area (Å²) in [7, 11) is 0. The fraction of sp³-hybridized carbons (Fsp3) is 1.00. The number of rotatable bonds is 0. The Balaban J connectivity index is 0. The van der Waals surface area contributed by atoms with E-state index in [0.717, 1.165) is 0 Å². The molecule has 0 atom stereocenters. The minimum atomic E-state index is 0. The van der Waals surface area contributed by atoms with Crippen LogP contribution in [0.3, 0.4) is 0 Å². The summed E-state index contributed by atoms with van der Waals surface area (Å²) in [5.41, 5.74) is 13.5. The van der Waals surface area contributed by atoms with E-state index in [-0.39, 0.29) is 29.6 Å². The van der Waals surface area contributed by atoms with Crippen molar-refractivity contribution in [2.45, 2.75) is 19.3 Å². The maximum atomic E-state index is 6.75. The van der Waals surface area contributed by atoms with E-state index in [2.05, 4.69) is 0 Å². The number of hydrogen-bond acceptors (Lipinski definition) is 0. The average molecular weight is 107 g/mol. The predicted molar refractivity (Wildman–Crippen MR) is 23.9 cm³/mol. The first-order valence-electron chi connectivity index (χ1n) is 1.90. The van der Waals surface area contributed by atoms with Crippen LogP contribution in [0.5, 0.6) is 0 Å². The third kappa shape index (κ3) is 68.3. The molecule has 1 aliphatic rings. The van der Waals surface area contributed by atoms with Gasteiger partial charge in [-0.2, -0.15) is 0 Å². The van der Waals surface area contributed by atoms with Crippen molar-refractivity contribution in [1.29, 1.82) is 0 Å². The summed E-state index contributed by atoms with van der Waals surface area (Å²) < 4.78 is 0. The van der Waals surface area contributed by atoms with Crippen LogP contribution in [0.2, 0.25) is 0 Å². The van der Waals surface area contributed by atoms with Crippen molar-refractivity contribution in [1.82, 2.24) is 0 Å². The summed E-state index contributed by atoms with van der Waals surface area (Å²) in [6.07, 6.45) is 4.50. The van der Waals surface area contributed by atoms with E-state index in [1.165, 1.54) is 24.2 Å². The average Bonchev–Trinajstić information content (AvgIpc) is 2.11. The molecule has 4 heteroatoms. The molecular formula is C3H6N3Na. The zero-order chi connectivity index (χ0) is 4.83. The molecule has 1 aliphatic carbocycles. The first kappa shape index (κ1) is 10.3. The second kappa shape index (κ2) is 9.58. The second-order valence-electron chi connectivity index (χ2n) is 1.15. The molecule has 0 amide bonds. The monoisotopic (exact) mass is 107 g/mol. The van der Waals surface area contributed by atoms with Gasteiger partial charge in [-0.15, -0.1) is 0 Å². The fourth-order valence-corrected chi connectivity index (χ4v) is 0. The molecule has 0 radical (unpaired) electrons. The SMILES string of the molecule is C1CC1.[N-]=[N+]=[N-].[Na+]. The molecule has 0 unspecified atom stereocenters. The van der Waals surface area contributed by atoms with Gasteiger partial charge in [-0.3, -0.25) is 4.91 Å². The van der Waals surface area contributed by atoms with E-state index in [1.54, 1.807) is 0 Å². The van der Waals surface area contributed by atoms with Crippen molar-refractivity contribution < 1.29 is 29.6 Å². The summed E-state index contributed by atoms with van der Waals surface area (Å²) >= 11 is 0. The maximum absolute atomic E-state index is 6.75. The van der Waals surface area contributed by atoms with Crippen molar-refractivity contribution in [3.63, 3.8) is 0 Å². The van der Waals surface area contributed by atoms with E-state index >= 15 is 0 Å². The smallest absolute Gasteiger partial charge is 0.373 e. The predicted octanol–water partition coefficient (Wildman–Crippen LogP) is -0.960. The Kier molecular flexibility index (Phi) is 14.1. The largest absolute Gasteiger partial charge is 1.00 e. The van der Waals surface area contributed by atoms with Crippen molar-refractivity contribution >= 4 is 0 Å². The van der Waals surface area contributed by atoms with Gasteiger partial charge < -0.3 is 11.1 Å². The second-order valence-corrected chi connectivity index (χ2v) is 1.15. The Bertz CT molecular complexity index is 52.4.